The van der Waals surface area contributed by atoms with Crippen LogP contribution in [0.2, 0.25) is 0 Å². The maximum Gasteiger partial charge on any atom is 0.238 e. The first-order chi connectivity index (χ1) is 10.2. The van der Waals surface area contributed by atoms with E-state index in [-0.39, 0.29) is 19.1 Å². The SMILES string of the molecule is CC(CCO)CNCC(=O)Nc1ccc2c(c1)OCCO2. The van der Waals surface area contributed by atoms with Crippen LogP contribution in [0.4, 0.5) is 5.69 Å². The van der Waals surface area contributed by atoms with E-state index in [1.54, 1.807) is 18.2 Å². The minimum absolute atomic E-state index is 0.108. The van der Waals surface area contributed by atoms with E-state index in [2.05, 4.69) is 10.6 Å². The van der Waals surface area contributed by atoms with Gasteiger partial charge in [-0.3, -0.25) is 4.79 Å². The number of nitrogens with one attached hydrogen (secondary N) is 2. The van der Waals surface area contributed by atoms with Crippen molar-refractivity contribution in [3.8, 4) is 11.5 Å². The number of carbonyl (C=O) groups is 1. The van der Waals surface area contributed by atoms with Crippen LogP contribution in [0.1, 0.15) is 13.3 Å². The Hall–Kier alpha value is -1.79. The highest BCUT2D eigenvalue weighted by Crippen LogP contribution is 2.32. The van der Waals surface area contributed by atoms with E-state index in [0.717, 1.165) is 6.42 Å². The molecule has 0 aromatic heterocycles. The van der Waals surface area contributed by atoms with Crippen LogP contribution in [0.15, 0.2) is 18.2 Å². The Morgan fingerprint density at radius 1 is 1.33 bits per heavy atom. The topological polar surface area (TPSA) is 79.8 Å². The van der Waals surface area contributed by atoms with Crippen molar-refractivity contribution in [2.45, 2.75) is 13.3 Å². The van der Waals surface area contributed by atoms with Gasteiger partial charge < -0.3 is 25.2 Å². The van der Waals surface area contributed by atoms with Gasteiger partial charge in [0.15, 0.2) is 11.5 Å². The largest absolute Gasteiger partial charge is 0.486 e. The van der Waals surface area contributed by atoms with Crippen LogP contribution in [-0.4, -0.2) is 43.9 Å². The van der Waals surface area contributed by atoms with Crippen LogP contribution >= 0.6 is 0 Å². The summed E-state index contributed by atoms with van der Waals surface area (Å²) in [5.41, 5.74) is 0.689. The van der Waals surface area contributed by atoms with Crippen molar-refractivity contribution in [2.75, 3.05) is 38.2 Å². The minimum Gasteiger partial charge on any atom is -0.486 e. The molecule has 1 aromatic rings. The minimum atomic E-state index is -0.108. The summed E-state index contributed by atoms with van der Waals surface area (Å²) in [6.45, 7) is 4.22. The first-order valence-corrected chi connectivity index (χ1v) is 7.20. The number of aliphatic hydroxyl groups excluding tert-OH is 1. The molecule has 1 unspecified atom stereocenters. The van der Waals surface area contributed by atoms with Crippen molar-refractivity contribution in [3.63, 3.8) is 0 Å². The summed E-state index contributed by atoms with van der Waals surface area (Å²) in [6.07, 6.45) is 0.733. The van der Waals surface area contributed by atoms with Crippen LogP contribution in [0.5, 0.6) is 11.5 Å². The number of fused-ring (bicyclic) bond motifs is 1. The lowest BCUT2D eigenvalue weighted by molar-refractivity contribution is -0.115. The molecule has 1 heterocycles. The second kappa shape index (κ2) is 7.85. The van der Waals surface area contributed by atoms with Gasteiger partial charge >= 0.3 is 0 Å². The average molecular weight is 294 g/mol. The third-order valence-corrected chi connectivity index (χ3v) is 3.23. The van der Waals surface area contributed by atoms with Crippen molar-refractivity contribution >= 4 is 11.6 Å². The van der Waals surface area contributed by atoms with E-state index < -0.39 is 0 Å². The lowest BCUT2D eigenvalue weighted by Crippen LogP contribution is -2.31. The molecular weight excluding hydrogens is 272 g/mol. The van der Waals surface area contributed by atoms with Gasteiger partial charge in [0, 0.05) is 18.4 Å². The lowest BCUT2D eigenvalue weighted by atomic mass is 10.1. The molecule has 6 nitrogen and oxygen atoms in total. The van der Waals surface area contributed by atoms with E-state index >= 15 is 0 Å². The zero-order chi connectivity index (χ0) is 15.1. The summed E-state index contributed by atoms with van der Waals surface area (Å²) >= 11 is 0. The van der Waals surface area contributed by atoms with Crippen molar-refractivity contribution in [2.24, 2.45) is 5.92 Å². The Morgan fingerprint density at radius 2 is 2.10 bits per heavy atom. The lowest BCUT2D eigenvalue weighted by Gasteiger charge is -2.19. The number of hydrogen-bond acceptors (Lipinski definition) is 5. The van der Waals surface area contributed by atoms with E-state index in [1.165, 1.54) is 0 Å². The molecule has 0 aliphatic carbocycles. The van der Waals surface area contributed by atoms with Crippen molar-refractivity contribution in [3.05, 3.63) is 18.2 Å². The van der Waals surface area contributed by atoms with Gasteiger partial charge in [-0.25, -0.2) is 0 Å². The first-order valence-electron chi connectivity index (χ1n) is 7.20. The van der Waals surface area contributed by atoms with E-state index in [1.807, 2.05) is 6.92 Å². The molecule has 0 fully saturated rings. The summed E-state index contributed by atoms with van der Waals surface area (Å²) in [5.74, 6) is 1.60. The molecule has 0 spiro atoms. The quantitative estimate of drug-likeness (QED) is 0.699. The molecule has 1 aliphatic heterocycles. The summed E-state index contributed by atoms with van der Waals surface area (Å²) in [5, 5.41) is 14.7. The number of amides is 1. The number of ether oxygens (including phenoxy) is 2. The maximum absolute atomic E-state index is 11.8. The molecule has 1 aliphatic rings. The van der Waals surface area contributed by atoms with Crippen molar-refractivity contribution < 1.29 is 19.4 Å². The number of rotatable bonds is 7. The van der Waals surface area contributed by atoms with Gasteiger partial charge in [-0.05, 0) is 31.0 Å². The number of carbonyl (C=O) groups excluding carboxylic acids is 1. The fourth-order valence-corrected chi connectivity index (χ4v) is 2.08. The smallest absolute Gasteiger partial charge is 0.238 e. The van der Waals surface area contributed by atoms with Crippen molar-refractivity contribution in [1.82, 2.24) is 5.32 Å². The van der Waals surface area contributed by atoms with Gasteiger partial charge in [-0.15, -0.1) is 0 Å². The third kappa shape index (κ3) is 4.91. The Bertz CT molecular complexity index is 479. The molecule has 0 saturated heterocycles. The van der Waals surface area contributed by atoms with Crippen LogP contribution < -0.4 is 20.1 Å². The molecule has 6 heteroatoms. The fourth-order valence-electron chi connectivity index (χ4n) is 2.08. The highest BCUT2D eigenvalue weighted by molar-refractivity contribution is 5.92. The molecule has 116 valence electrons. The van der Waals surface area contributed by atoms with Crippen molar-refractivity contribution in [1.29, 1.82) is 0 Å². The van der Waals surface area contributed by atoms with Crippen LogP contribution in [0.3, 0.4) is 0 Å². The molecule has 2 rings (SSSR count). The molecule has 21 heavy (non-hydrogen) atoms. The molecule has 3 N–H and O–H groups in total. The zero-order valence-electron chi connectivity index (χ0n) is 12.2. The Balaban J connectivity index is 1.77. The number of hydrogen-bond donors (Lipinski definition) is 3. The molecule has 0 radical (unpaired) electrons. The van der Waals surface area contributed by atoms with Crippen LogP contribution in [-0.2, 0) is 4.79 Å². The highest BCUT2D eigenvalue weighted by atomic mass is 16.6. The molecular formula is C15H22N2O4. The zero-order valence-corrected chi connectivity index (χ0v) is 12.2. The van der Waals surface area contributed by atoms with Gasteiger partial charge in [0.1, 0.15) is 13.2 Å². The second-order valence-electron chi connectivity index (χ2n) is 5.15. The number of anilines is 1. The Morgan fingerprint density at radius 3 is 2.86 bits per heavy atom. The van der Waals surface area contributed by atoms with E-state index in [9.17, 15) is 4.79 Å². The first kappa shape index (κ1) is 15.6. The summed E-state index contributed by atoms with van der Waals surface area (Å²) in [4.78, 5) is 11.8. The monoisotopic (exact) mass is 294 g/mol. The number of aliphatic hydroxyl groups is 1. The van der Waals surface area contributed by atoms with Gasteiger partial charge in [0.05, 0.1) is 6.54 Å². The summed E-state index contributed by atoms with van der Waals surface area (Å²) in [7, 11) is 0. The predicted octanol–water partition coefficient (Wildman–Crippen LogP) is 1.00. The van der Waals surface area contributed by atoms with Gasteiger partial charge in [0.25, 0.3) is 0 Å². The summed E-state index contributed by atoms with van der Waals surface area (Å²) in [6, 6.07) is 5.35. The predicted molar refractivity (Wildman–Crippen MR) is 79.8 cm³/mol. The highest BCUT2D eigenvalue weighted by Gasteiger charge is 2.12. The maximum atomic E-state index is 11.8. The summed E-state index contributed by atoms with van der Waals surface area (Å²) < 4.78 is 10.9. The van der Waals surface area contributed by atoms with E-state index in [0.29, 0.717) is 42.9 Å². The molecule has 0 bridgehead atoms. The van der Waals surface area contributed by atoms with Gasteiger partial charge in [0.2, 0.25) is 5.91 Å². The second-order valence-corrected chi connectivity index (χ2v) is 5.15. The molecule has 0 saturated carbocycles. The standard InChI is InChI=1S/C15H22N2O4/c1-11(4-5-18)9-16-10-15(19)17-12-2-3-13-14(8-12)21-7-6-20-13/h2-3,8,11,16,18H,4-7,9-10H2,1H3,(H,17,19). The van der Waals surface area contributed by atoms with Crippen LogP contribution in [0, 0.1) is 5.92 Å². The van der Waals surface area contributed by atoms with Crippen LogP contribution in [0.25, 0.3) is 0 Å². The van der Waals surface area contributed by atoms with Gasteiger partial charge in [-0.2, -0.15) is 0 Å². The Labute approximate surface area is 124 Å². The average Bonchev–Trinajstić information content (AvgIpc) is 2.47. The Kier molecular flexibility index (Phi) is 5.83. The number of benzene rings is 1. The normalized spacial score (nSPS) is 14.6. The van der Waals surface area contributed by atoms with Gasteiger partial charge in [-0.1, -0.05) is 6.92 Å². The molecule has 1 atom stereocenters. The van der Waals surface area contributed by atoms with E-state index in [4.69, 9.17) is 14.6 Å². The fraction of sp³-hybridized carbons (Fsp3) is 0.533. The third-order valence-electron chi connectivity index (χ3n) is 3.23. The molecule has 1 amide bonds. The molecule has 1 aromatic carbocycles.